The molecule has 0 amide bonds. The minimum Gasteiger partial charge on any atom is -0.405 e. The third kappa shape index (κ3) is 12.6. The Balaban J connectivity index is 1.78. The average molecular weight is 525 g/mol. The Kier molecular flexibility index (Phi) is 12.5. The fraction of sp³-hybridized carbons (Fsp3) is 0.455. The summed E-state index contributed by atoms with van der Waals surface area (Å²) in [6, 6.07) is 12.5. The summed E-state index contributed by atoms with van der Waals surface area (Å²) in [6.07, 6.45) is -0.470. The zero-order valence-electron chi connectivity index (χ0n) is 17.9. The molecule has 5 nitrogen and oxygen atoms in total. The van der Waals surface area contributed by atoms with Crippen LogP contribution in [0.4, 0.5) is 13.2 Å². The maximum atomic E-state index is 12.9. The van der Waals surface area contributed by atoms with Crippen LogP contribution in [-0.4, -0.2) is 30.2 Å². The van der Waals surface area contributed by atoms with E-state index in [9.17, 15) is 17.7 Å². The molecule has 0 fully saturated rings. The van der Waals surface area contributed by atoms with Gasteiger partial charge in [-0.15, -0.1) is 34.4 Å². The van der Waals surface area contributed by atoms with Crippen molar-refractivity contribution in [1.29, 1.82) is 0 Å². The lowest BCUT2D eigenvalue weighted by atomic mass is 10.1. The summed E-state index contributed by atoms with van der Waals surface area (Å²) in [4.78, 5) is 9.00. The first-order valence-electron chi connectivity index (χ1n) is 10.5. The highest BCUT2D eigenvalue weighted by Gasteiger charge is 2.32. The standard InChI is InChI=1S/C22H26ClF3NO4PS/c23-19-9-6-17(7-10-19)5-2-1-3-14-33-21-11-8-18(15-20(21)31-22(24,25)26)16-27-12-4-13-30-32(28)29/h6-11,15,27H,1-5,12-14,16H2/p+1. The largest absolute Gasteiger partial charge is 0.694 e. The van der Waals surface area contributed by atoms with E-state index in [1.807, 2.05) is 24.3 Å². The van der Waals surface area contributed by atoms with Crippen molar-refractivity contribution in [2.75, 3.05) is 18.9 Å². The predicted molar refractivity (Wildman–Crippen MR) is 125 cm³/mol. The zero-order chi connectivity index (χ0) is 24.1. The van der Waals surface area contributed by atoms with Crippen LogP contribution in [0.15, 0.2) is 47.4 Å². The van der Waals surface area contributed by atoms with Gasteiger partial charge in [-0.25, -0.2) is 0 Å². The lowest BCUT2D eigenvalue weighted by Crippen LogP contribution is -2.19. The molecule has 0 heterocycles. The number of unbranched alkanes of at least 4 members (excludes halogenated alkanes) is 2. The highest BCUT2D eigenvalue weighted by molar-refractivity contribution is 7.99. The minimum absolute atomic E-state index is 0.121. The Hall–Kier alpha value is -1.35. The Bertz CT molecular complexity index is 872. The zero-order valence-corrected chi connectivity index (χ0v) is 20.4. The summed E-state index contributed by atoms with van der Waals surface area (Å²) in [7, 11) is -2.62. The van der Waals surface area contributed by atoms with Gasteiger partial charge in [0.25, 0.3) is 0 Å². The average Bonchev–Trinajstić information content (AvgIpc) is 2.74. The predicted octanol–water partition coefficient (Wildman–Crippen LogP) is 6.89. The molecule has 2 aromatic carbocycles. The molecule has 2 aromatic rings. The Labute approximate surface area is 202 Å². The second kappa shape index (κ2) is 14.8. The van der Waals surface area contributed by atoms with Crippen LogP contribution in [-0.2, 0) is 22.1 Å². The monoisotopic (exact) mass is 524 g/mol. The van der Waals surface area contributed by atoms with Crippen molar-refractivity contribution in [3.8, 4) is 5.75 Å². The van der Waals surface area contributed by atoms with Gasteiger partial charge in [-0.05, 0) is 73.4 Å². The molecule has 0 bridgehead atoms. The van der Waals surface area contributed by atoms with E-state index in [2.05, 4.69) is 14.6 Å². The molecule has 2 N–H and O–H groups in total. The molecule has 0 aliphatic heterocycles. The van der Waals surface area contributed by atoms with Crippen LogP contribution in [0.25, 0.3) is 0 Å². The topological polar surface area (TPSA) is 67.8 Å². The highest BCUT2D eigenvalue weighted by atomic mass is 35.5. The quantitative estimate of drug-likeness (QED) is 0.150. The van der Waals surface area contributed by atoms with Crippen LogP contribution < -0.4 is 10.1 Å². The molecule has 0 saturated carbocycles. The fourth-order valence-corrected chi connectivity index (χ4v) is 4.39. The molecule has 1 unspecified atom stereocenters. The number of hydrogen-bond donors (Lipinski definition) is 2. The second-order valence-corrected chi connectivity index (χ2v) is 9.52. The van der Waals surface area contributed by atoms with Crippen LogP contribution in [0.1, 0.15) is 36.8 Å². The number of alkyl halides is 3. The van der Waals surface area contributed by atoms with Crippen molar-refractivity contribution in [3.63, 3.8) is 0 Å². The number of hydrogen-bond acceptors (Lipinski definition) is 5. The van der Waals surface area contributed by atoms with Gasteiger partial charge in [0.15, 0.2) is 0 Å². The molecule has 0 aliphatic rings. The molecular weight excluding hydrogens is 498 g/mol. The van der Waals surface area contributed by atoms with Crippen molar-refractivity contribution >= 4 is 31.6 Å². The van der Waals surface area contributed by atoms with E-state index in [1.165, 1.54) is 23.4 Å². The third-order valence-electron chi connectivity index (χ3n) is 4.54. The molecule has 33 heavy (non-hydrogen) atoms. The van der Waals surface area contributed by atoms with Crippen molar-refractivity contribution in [2.24, 2.45) is 0 Å². The normalized spacial score (nSPS) is 12.1. The summed E-state index contributed by atoms with van der Waals surface area (Å²) in [5.41, 5.74) is 1.87. The van der Waals surface area contributed by atoms with E-state index >= 15 is 0 Å². The molecule has 1 atom stereocenters. The maximum absolute atomic E-state index is 12.9. The SMILES string of the molecule is O=[P+](O)OCCCNCc1ccc(SCCCCCc2ccc(Cl)cc2)c(OC(F)(F)F)c1. The van der Waals surface area contributed by atoms with E-state index in [0.717, 1.165) is 25.7 Å². The lowest BCUT2D eigenvalue weighted by Gasteiger charge is -2.15. The first-order chi connectivity index (χ1) is 15.7. The molecule has 0 saturated heterocycles. The summed E-state index contributed by atoms with van der Waals surface area (Å²) in [6.45, 7) is 0.955. The van der Waals surface area contributed by atoms with Gasteiger partial charge < -0.3 is 10.1 Å². The second-order valence-electron chi connectivity index (χ2n) is 7.22. The summed E-state index contributed by atoms with van der Waals surface area (Å²) >= 11 is 7.23. The van der Waals surface area contributed by atoms with Gasteiger partial charge in [0.2, 0.25) is 0 Å². The van der Waals surface area contributed by atoms with E-state index in [-0.39, 0.29) is 12.4 Å². The molecule has 2 rings (SSSR count). The first kappa shape index (κ1) is 27.9. The number of nitrogens with one attached hydrogen (secondary N) is 1. The number of halogens is 4. The maximum Gasteiger partial charge on any atom is 0.694 e. The van der Waals surface area contributed by atoms with Gasteiger partial charge in [0.1, 0.15) is 12.4 Å². The van der Waals surface area contributed by atoms with Gasteiger partial charge in [-0.2, -0.15) is 0 Å². The summed E-state index contributed by atoms with van der Waals surface area (Å²) < 4.78 is 57.8. The Morgan fingerprint density at radius 2 is 1.76 bits per heavy atom. The fourth-order valence-electron chi connectivity index (χ4n) is 3.00. The molecule has 0 aliphatic carbocycles. The van der Waals surface area contributed by atoms with Gasteiger partial charge >= 0.3 is 14.6 Å². The van der Waals surface area contributed by atoms with Crippen LogP contribution in [0.5, 0.6) is 5.75 Å². The van der Waals surface area contributed by atoms with Gasteiger partial charge in [0.05, 0.1) is 0 Å². The smallest absolute Gasteiger partial charge is 0.405 e. The highest BCUT2D eigenvalue weighted by Crippen LogP contribution is 2.35. The molecule has 11 heteroatoms. The van der Waals surface area contributed by atoms with Crippen molar-refractivity contribution < 1.29 is 31.9 Å². The number of ether oxygens (including phenoxy) is 1. The Morgan fingerprint density at radius 3 is 2.45 bits per heavy atom. The lowest BCUT2D eigenvalue weighted by molar-refractivity contribution is -0.275. The first-order valence-corrected chi connectivity index (χ1v) is 13.0. The molecule has 0 radical (unpaired) electrons. The van der Waals surface area contributed by atoms with Gasteiger partial charge in [0, 0.05) is 21.0 Å². The Morgan fingerprint density at radius 1 is 1.03 bits per heavy atom. The van der Waals surface area contributed by atoms with Crippen LogP contribution >= 0.6 is 31.6 Å². The van der Waals surface area contributed by atoms with E-state index in [0.29, 0.717) is 40.7 Å². The van der Waals surface area contributed by atoms with Crippen molar-refractivity contribution in [1.82, 2.24) is 5.32 Å². The van der Waals surface area contributed by atoms with Crippen molar-refractivity contribution in [2.45, 2.75) is 49.9 Å². The molecule has 0 spiro atoms. The number of thioether (sulfide) groups is 1. The van der Waals surface area contributed by atoms with Gasteiger partial charge in [-0.1, -0.05) is 36.2 Å². The van der Waals surface area contributed by atoms with Crippen molar-refractivity contribution in [3.05, 3.63) is 58.6 Å². The van der Waals surface area contributed by atoms with Crippen LogP contribution in [0.2, 0.25) is 5.02 Å². The van der Waals surface area contributed by atoms with Crippen LogP contribution in [0, 0.1) is 0 Å². The molecular formula is C22H27ClF3NO4PS+. The third-order valence-corrected chi connectivity index (χ3v) is 6.34. The molecule has 182 valence electrons. The van der Waals surface area contributed by atoms with E-state index in [1.54, 1.807) is 12.1 Å². The number of rotatable bonds is 15. The minimum atomic E-state index is -4.77. The summed E-state index contributed by atoms with van der Waals surface area (Å²) in [5, 5.41) is 3.77. The summed E-state index contributed by atoms with van der Waals surface area (Å²) in [5.74, 6) is 0.494. The number of aryl methyl sites for hydroxylation is 1. The molecule has 0 aromatic heterocycles. The number of benzene rings is 2. The van der Waals surface area contributed by atoms with E-state index < -0.39 is 14.6 Å². The van der Waals surface area contributed by atoms with Crippen LogP contribution in [0.3, 0.4) is 0 Å². The van der Waals surface area contributed by atoms with Gasteiger partial charge in [-0.3, -0.25) is 0 Å². The van der Waals surface area contributed by atoms with E-state index in [4.69, 9.17) is 16.5 Å².